The molecule has 3 aromatic rings. The van der Waals surface area contributed by atoms with E-state index in [9.17, 15) is 14.9 Å². The number of nitrogens with one attached hydrogen (secondary N) is 1. The lowest BCUT2D eigenvalue weighted by atomic mass is 9.96. The molecule has 1 N–H and O–H groups in total. The number of aromatic nitrogens is 2. The van der Waals surface area contributed by atoms with Gasteiger partial charge in [-0.25, -0.2) is 4.98 Å². The number of piperidine rings is 1. The number of carbonyl (C=O) groups is 1. The summed E-state index contributed by atoms with van der Waals surface area (Å²) in [4.78, 5) is 33.0. The van der Waals surface area contributed by atoms with E-state index >= 15 is 0 Å². The molecule has 0 saturated carbocycles. The number of aromatic amines is 1. The van der Waals surface area contributed by atoms with Gasteiger partial charge < -0.3 is 9.88 Å². The van der Waals surface area contributed by atoms with Gasteiger partial charge in [-0.1, -0.05) is 6.07 Å². The molecule has 27 heavy (non-hydrogen) atoms. The molecule has 2 aromatic carbocycles. The van der Waals surface area contributed by atoms with Crippen LogP contribution in [0, 0.1) is 17.0 Å². The Bertz CT molecular complexity index is 1010. The Kier molecular flexibility index (Phi) is 4.35. The maximum absolute atomic E-state index is 12.8. The normalized spacial score (nSPS) is 17.2. The molecule has 1 atom stereocenters. The van der Waals surface area contributed by atoms with Crippen molar-refractivity contribution in [2.75, 3.05) is 13.1 Å². The highest BCUT2D eigenvalue weighted by atomic mass is 16.6. The Morgan fingerprint density at radius 1 is 1.26 bits per heavy atom. The molecular weight excluding hydrogens is 344 g/mol. The number of hydrogen-bond acceptors (Lipinski definition) is 4. The lowest BCUT2D eigenvalue weighted by Crippen LogP contribution is -2.39. The highest BCUT2D eigenvalue weighted by molar-refractivity contribution is 5.94. The number of amides is 1. The Labute approximate surface area is 156 Å². The van der Waals surface area contributed by atoms with Crippen molar-refractivity contribution in [2.24, 2.45) is 0 Å². The van der Waals surface area contributed by atoms with Crippen molar-refractivity contribution >= 4 is 22.6 Å². The van der Waals surface area contributed by atoms with Gasteiger partial charge in [0.1, 0.15) is 5.82 Å². The van der Waals surface area contributed by atoms with E-state index in [-0.39, 0.29) is 17.5 Å². The van der Waals surface area contributed by atoms with Gasteiger partial charge in [0.25, 0.3) is 11.6 Å². The maximum atomic E-state index is 12.8. The van der Waals surface area contributed by atoms with Gasteiger partial charge in [0.15, 0.2) is 0 Å². The van der Waals surface area contributed by atoms with E-state index in [0.717, 1.165) is 29.7 Å². The molecule has 7 nitrogen and oxygen atoms in total. The number of non-ortho nitro benzene ring substituents is 1. The molecule has 4 rings (SSSR count). The van der Waals surface area contributed by atoms with Crippen molar-refractivity contribution < 1.29 is 9.72 Å². The van der Waals surface area contributed by atoms with Crippen LogP contribution >= 0.6 is 0 Å². The first-order chi connectivity index (χ1) is 13.0. The summed E-state index contributed by atoms with van der Waals surface area (Å²) in [5, 5.41) is 10.8. The summed E-state index contributed by atoms with van der Waals surface area (Å²) in [6.07, 6.45) is 1.88. The van der Waals surface area contributed by atoms with E-state index in [2.05, 4.69) is 11.1 Å². The average molecular weight is 364 g/mol. The van der Waals surface area contributed by atoms with Gasteiger partial charge in [-0.3, -0.25) is 14.9 Å². The molecule has 0 bridgehead atoms. The second-order valence-electron chi connectivity index (χ2n) is 7.04. The molecule has 1 aliphatic heterocycles. The zero-order chi connectivity index (χ0) is 19.0. The topological polar surface area (TPSA) is 92.1 Å². The predicted octanol–water partition coefficient (Wildman–Crippen LogP) is 3.80. The summed E-state index contributed by atoms with van der Waals surface area (Å²) in [7, 11) is 0. The van der Waals surface area contributed by atoms with Gasteiger partial charge in [-0.05, 0) is 49.6 Å². The van der Waals surface area contributed by atoms with Crippen LogP contribution in [-0.2, 0) is 0 Å². The fourth-order valence-electron chi connectivity index (χ4n) is 3.63. The van der Waals surface area contributed by atoms with Gasteiger partial charge in [0.05, 0.1) is 16.0 Å². The number of imidazole rings is 1. The maximum Gasteiger partial charge on any atom is 0.269 e. The lowest BCUT2D eigenvalue weighted by Gasteiger charge is -2.32. The predicted molar refractivity (Wildman–Crippen MR) is 102 cm³/mol. The van der Waals surface area contributed by atoms with Crippen LogP contribution in [0.25, 0.3) is 11.0 Å². The van der Waals surface area contributed by atoms with Crippen LogP contribution in [0.4, 0.5) is 5.69 Å². The zero-order valence-corrected chi connectivity index (χ0v) is 15.0. The summed E-state index contributed by atoms with van der Waals surface area (Å²) >= 11 is 0. The van der Waals surface area contributed by atoms with Gasteiger partial charge in [-0.2, -0.15) is 0 Å². The van der Waals surface area contributed by atoms with Crippen molar-refractivity contribution in [3.05, 3.63) is 69.5 Å². The van der Waals surface area contributed by atoms with Gasteiger partial charge in [-0.15, -0.1) is 0 Å². The molecule has 1 fully saturated rings. The second kappa shape index (κ2) is 6.83. The Morgan fingerprint density at radius 2 is 2.04 bits per heavy atom. The van der Waals surface area contributed by atoms with Crippen LogP contribution in [-0.4, -0.2) is 38.8 Å². The minimum absolute atomic E-state index is 0.0133. The summed E-state index contributed by atoms with van der Waals surface area (Å²) in [6.45, 7) is 3.32. The highest BCUT2D eigenvalue weighted by Gasteiger charge is 2.27. The quantitative estimate of drug-likeness (QED) is 0.565. The van der Waals surface area contributed by atoms with E-state index in [1.807, 2.05) is 24.0 Å². The number of nitrogens with zero attached hydrogens (tertiary/aromatic N) is 3. The Balaban J connectivity index is 1.52. The van der Waals surface area contributed by atoms with Crippen molar-refractivity contribution in [1.82, 2.24) is 14.9 Å². The minimum atomic E-state index is -0.464. The molecule has 0 unspecified atom stereocenters. The summed E-state index contributed by atoms with van der Waals surface area (Å²) in [5.74, 6) is 0.979. The van der Waals surface area contributed by atoms with Crippen LogP contribution in [0.1, 0.15) is 40.5 Å². The molecule has 1 amide bonds. The number of aryl methyl sites for hydroxylation is 1. The molecule has 1 saturated heterocycles. The molecule has 0 spiro atoms. The monoisotopic (exact) mass is 364 g/mol. The van der Waals surface area contributed by atoms with E-state index in [0.29, 0.717) is 18.7 Å². The average Bonchev–Trinajstić information content (AvgIpc) is 3.11. The molecule has 1 aliphatic rings. The molecule has 138 valence electrons. The molecule has 1 aromatic heterocycles. The molecule has 0 radical (unpaired) electrons. The number of nitro benzene ring substituents is 1. The standard InChI is InChI=1S/C20H20N4O3/c1-13-4-9-17-18(11-13)22-19(21-17)15-3-2-10-23(12-15)20(25)14-5-7-16(8-6-14)24(26)27/h4-9,11,15H,2-3,10,12H2,1H3,(H,21,22)/t15-/m1/s1. The SMILES string of the molecule is Cc1ccc2nc([C@@H]3CCCN(C(=O)c4ccc([N+](=O)[O-])cc4)C3)[nH]c2c1. The van der Waals surface area contributed by atoms with Gasteiger partial charge in [0.2, 0.25) is 0 Å². The van der Waals surface area contributed by atoms with E-state index in [1.165, 1.54) is 29.8 Å². The number of rotatable bonds is 3. The highest BCUT2D eigenvalue weighted by Crippen LogP contribution is 2.28. The van der Waals surface area contributed by atoms with Crippen LogP contribution in [0.3, 0.4) is 0 Å². The first-order valence-electron chi connectivity index (χ1n) is 9.01. The number of likely N-dealkylation sites (tertiary alicyclic amines) is 1. The number of benzene rings is 2. The smallest absolute Gasteiger partial charge is 0.269 e. The molecular formula is C20H20N4O3. The third-order valence-electron chi connectivity index (χ3n) is 5.08. The third kappa shape index (κ3) is 3.40. The van der Waals surface area contributed by atoms with Crippen LogP contribution in [0.5, 0.6) is 0 Å². The second-order valence-corrected chi connectivity index (χ2v) is 7.04. The number of fused-ring (bicyclic) bond motifs is 1. The fourth-order valence-corrected chi connectivity index (χ4v) is 3.63. The molecule has 0 aliphatic carbocycles. The number of hydrogen-bond donors (Lipinski definition) is 1. The first-order valence-corrected chi connectivity index (χ1v) is 9.01. The van der Waals surface area contributed by atoms with Crippen LogP contribution in [0.2, 0.25) is 0 Å². The summed E-state index contributed by atoms with van der Waals surface area (Å²) in [5.41, 5.74) is 3.59. The molecule has 2 heterocycles. The van der Waals surface area contributed by atoms with Crippen molar-refractivity contribution in [1.29, 1.82) is 0 Å². The van der Waals surface area contributed by atoms with Gasteiger partial charge >= 0.3 is 0 Å². The largest absolute Gasteiger partial charge is 0.342 e. The van der Waals surface area contributed by atoms with Gasteiger partial charge in [0, 0.05) is 36.7 Å². The van der Waals surface area contributed by atoms with Crippen molar-refractivity contribution in [2.45, 2.75) is 25.7 Å². The molecule has 7 heteroatoms. The fraction of sp³-hybridized carbons (Fsp3) is 0.300. The summed E-state index contributed by atoms with van der Waals surface area (Å²) in [6, 6.07) is 11.9. The van der Waals surface area contributed by atoms with Crippen LogP contribution in [0.15, 0.2) is 42.5 Å². The third-order valence-corrected chi connectivity index (χ3v) is 5.08. The Morgan fingerprint density at radius 3 is 2.78 bits per heavy atom. The Hall–Kier alpha value is -3.22. The van der Waals surface area contributed by atoms with E-state index in [4.69, 9.17) is 4.98 Å². The van der Waals surface area contributed by atoms with E-state index < -0.39 is 4.92 Å². The van der Waals surface area contributed by atoms with Crippen LogP contribution < -0.4 is 0 Å². The first kappa shape index (κ1) is 17.2. The number of carbonyl (C=O) groups excluding carboxylic acids is 1. The number of H-pyrrole nitrogens is 1. The van der Waals surface area contributed by atoms with Crippen molar-refractivity contribution in [3.63, 3.8) is 0 Å². The van der Waals surface area contributed by atoms with Crippen molar-refractivity contribution in [3.8, 4) is 0 Å². The zero-order valence-electron chi connectivity index (χ0n) is 15.0. The number of nitro groups is 1. The lowest BCUT2D eigenvalue weighted by molar-refractivity contribution is -0.384. The summed E-state index contributed by atoms with van der Waals surface area (Å²) < 4.78 is 0. The minimum Gasteiger partial charge on any atom is -0.342 e. The van der Waals surface area contributed by atoms with E-state index in [1.54, 1.807) is 0 Å².